The van der Waals surface area contributed by atoms with E-state index in [1.54, 1.807) is 26.0 Å². The first-order valence-corrected chi connectivity index (χ1v) is 17.6. The number of carbonyl (C=O) groups is 5. The minimum absolute atomic E-state index is 0.0396. The molecule has 1 aliphatic heterocycles. The Labute approximate surface area is 312 Å². The van der Waals surface area contributed by atoms with Gasteiger partial charge in [-0.3, -0.25) is 14.4 Å². The van der Waals surface area contributed by atoms with E-state index in [0.717, 1.165) is 19.6 Å². The van der Waals surface area contributed by atoms with Crippen LogP contribution in [0.2, 0.25) is 10.0 Å². The molecule has 0 radical (unpaired) electrons. The van der Waals surface area contributed by atoms with Gasteiger partial charge in [-0.05, 0) is 87.8 Å². The van der Waals surface area contributed by atoms with Gasteiger partial charge in [-0.1, -0.05) is 50.6 Å². The molecule has 12 nitrogen and oxygen atoms in total. The maximum atomic E-state index is 13.1. The van der Waals surface area contributed by atoms with Crippen molar-refractivity contribution in [1.29, 1.82) is 0 Å². The van der Waals surface area contributed by atoms with Gasteiger partial charge in [0.15, 0.2) is 18.5 Å². The van der Waals surface area contributed by atoms with Gasteiger partial charge in [0.1, 0.15) is 16.5 Å². The van der Waals surface area contributed by atoms with Crippen LogP contribution in [0.1, 0.15) is 77.3 Å². The second-order valence-electron chi connectivity index (χ2n) is 12.0. The van der Waals surface area contributed by atoms with Crippen LogP contribution in [0.25, 0.3) is 11.6 Å². The molecule has 0 spiro atoms. The Morgan fingerprint density at radius 3 is 2.42 bits per heavy atom. The molecule has 2 heterocycles. The Bertz CT molecular complexity index is 1950. The number of H-pyrrole nitrogens is 1. The van der Waals surface area contributed by atoms with Crippen molar-refractivity contribution in [3.05, 3.63) is 86.2 Å². The molecule has 2 amide bonds. The fourth-order valence-corrected chi connectivity index (χ4v) is 5.98. The molecule has 3 aromatic rings. The standard InChI is InChI=1S/C38H42Cl2N4O8/c1-8-20(4)35(46)25-12-14-30(34(40)33(25)39)50-19-31(45)51-23(7)38(49)52-24-11-13-28-26(17-24)27(36(47)43-28)18-29-21(5)32(22(6)42-29)37(48)41-15-16-44(9-2)10-3/h11-14,17-18,23,42H,4,8-10,15-16,19H2,1-3,5-7H3,(H,41,48)(H,43,47)/b27-18-/t23-/m0/s1. The first kappa shape index (κ1) is 39.9. The maximum absolute atomic E-state index is 13.1. The zero-order chi connectivity index (χ0) is 38.3. The number of aryl methyl sites for hydroxylation is 1. The molecule has 0 fully saturated rings. The van der Waals surface area contributed by atoms with Gasteiger partial charge in [-0.2, -0.15) is 0 Å². The summed E-state index contributed by atoms with van der Waals surface area (Å²) in [4.78, 5) is 69.3. The number of ether oxygens (including phenoxy) is 3. The number of allylic oxidation sites excluding steroid dienone is 1. The fourth-order valence-electron chi connectivity index (χ4n) is 5.52. The molecule has 1 aliphatic rings. The summed E-state index contributed by atoms with van der Waals surface area (Å²) in [5.74, 6) is -2.54. The largest absolute Gasteiger partial charge is 0.480 e. The number of Topliss-reactive ketones (excluding diaryl/α,β-unsaturated/α-hetero) is 1. The first-order valence-electron chi connectivity index (χ1n) is 16.8. The van der Waals surface area contributed by atoms with Crippen molar-refractivity contribution in [1.82, 2.24) is 15.2 Å². The highest BCUT2D eigenvalue weighted by Gasteiger charge is 2.28. The molecule has 0 unspecified atom stereocenters. The molecule has 14 heteroatoms. The van der Waals surface area contributed by atoms with Crippen molar-refractivity contribution >= 4 is 70.1 Å². The molecular weight excluding hydrogens is 711 g/mol. The van der Waals surface area contributed by atoms with Crippen LogP contribution in [-0.2, 0) is 19.1 Å². The third-order valence-corrected chi connectivity index (χ3v) is 9.48. The van der Waals surface area contributed by atoms with Crippen LogP contribution in [0.3, 0.4) is 0 Å². The summed E-state index contributed by atoms with van der Waals surface area (Å²) in [5, 5.41) is 5.66. The third-order valence-electron chi connectivity index (χ3n) is 8.62. The predicted molar refractivity (Wildman–Crippen MR) is 200 cm³/mol. The number of fused-ring (bicyclic) bond motifs is 1. The van der Waals surface area contributed by atoms with Crippen LogP contribution < -0.4 is 20.1 Å². The number of hydrogen-bond acceptors (Lipinski definition) is 9. The number of halogens is 2. The molecule has 52 heavy (non-hydrogen) atoms. The summed E-state index contributed by atoms with van der Waals surface area (Å²) < 4.78 is 16.1. The summed E-state index contributed by atoms with van der Waals surface area (Å²) in [5.41, 5.74) is 4.25. The Hall–Kier alpha value is -4.91. The molecule has 3 N–H and O–H groups in total. The molecule has 0 saturated heterocycles. The van der Waals surface area contributed by atoms with Crippen molar-refractivity contribution in [3.63, 3.8) is 0 Å². The lowest BCUT2D eigenvalue weighted by Gasteiger charge is -2.18. The topological polar surface area (TPSA) is 156 Å². The number of esters is 2. The molecule has 0 aliphatic carbocycles. The lowest BCUT2D eigenvalue weighted by atomic mass is 10.0. The highest BCUT2D eigenvalue weighted by atomic mass is 35.5. The van der Waals surface area contributed by atoms with Gasteiger partial charge in [0.25, 0.3) is 11.8 Å². The summed E-state index contributed by atoms with van der Waals surface area (Å²) in [7, 11) is 0. The lowest BCUT2D eigenvalue weighted by molar-refractivity contribution is -0.162. The summed E-state index contributed by atoms with van der Waals surface area (Å²) >= 11 is 12.5. The van der Waals surface area contributed by atoms with Gasteiger partial charge >= 0.3 is 11.9 Å². The van der Waals surface area contributed by atoms with Crippen molar-refractivity contribution in [2.24, 2.45) is 0 Å². The van der Waals surface area contributed by atoms with Gasteiger partial charge in [-0.25, -0.2) is 9.59 Å². The van der Waals surface area contributed by atoms with E-state index >= 15 is 0 Å². The van der Waals surface area contributed by atoms with Crippen LogP contribution in [0.4, 0.5) is 5.69 Å². The Balaban J connectivity index is 1.40. The molecule has 0 bridgehead atoms. The average Bonchev–Trinajstić information content (AvgIpc) is 3.58. The molecule has 4 rings (SSSR count). The van der Waals surface area contributed by atoms with Crippen LogP contribution >= 0.6 is 23.2 Å². The van der Waals surface area contributed by atoms with Crippen molar-refractivity contribution in [2.75, 3.05) is 38.1 Å². The van der Waals surface area contributed by atoms with Crippen LogP contribution in [0, 0.1) is 13.8 Å². The van der Waals surface area contributed by atoms with Crippen LogP contribution in [0.5, 0.6) is 11.5 Å². The highest BCUT2D eigenvalue weighted by Crippen LogP contribution is 2.37. The number of aromatic nitrogens is 1. The minimum atomic E-state index is -1.32. The van der Waals surface area contributed by atoms with E-state index in [1.807, 2.05) is 6.92 Å². The van der Waals surface area contributed by atoms with Crippen LogP contribution in [-0.4, -0.2) is 78.3 Å². The molecule has 2 aromatic carbocycles. The van der Waals surface area contributed by atoms with Gasteiger partial charge < -0.3 is 34.7 Å². The number of nitrogens with one attached hydrogen (secondary N) is 3. The zero-order valence-electron chi connectivity index (χ0n) is 30.0. The first-order chi connectivity index (χ1) is 24.7. The van der Waals surface area contributed by atoms with E-state index in [1.165, 1.54) is 31.2 Å². The van der Waals surface area contributed by atoms with E-state index in [9.17, 15) is 24.0 Å². The SMILES string of the molecule is C=C(CC)C(=O)c1ccc(OCC(=O)O[C@@H](C)C(=O)Oc2ccc3c(c2)/C(=C/c2[nH]c(C)c(C(=O)NCCN(CC)CC)c2C)C(=O)N3)c(Cl)c1Cl. The monoisotopic (exact) mass is 752 g/mol. The summed E-state index contributed by atoms with van der Waals surface area (Å²) in [6, 6.07) is 7.43. The quantitative estimate of drug-likeness (QED) is 0.0638. The Morgan fingerprint density at radius 2 is 1.75 bits per heavy atom. The molecule has 1 atom stereocenters. The second-order valence-corrected chi connectivity index (χ2v) is 12.8. The van der Waals surface area contributed by atoms with Crippen molar-refractivity contribution in [3.8, 4) is 11.5 Å². The average molecular weight is 754 g/mol. The van der Waals surface area contributed by atoms with Gasteiger partial charge in [0.05, 0.1) is 16.2 Å². The smallest absolute Gasteiger partial charge is 0.352 e. The maximum Gasteiger partial charge on any atom is 0.352 e. The van der Waals surface area contributed by atoms with E-state index in [0.29, 0.717) is 57.9 Å². The van der Waals surface area contributed by atoms with E-state index in [4.69, 9.17) is 37.4 Å². The second kappa shape index (κ2) is 17.5. The predicted octanol–water partition coefficient (Wildman–Crippen LogP) is 6.57. The van der Waals surface area contributed by atoms with Gasteiger partial charge in [0, 0.05) is 41.3 Å². The van der Waals surface area contributed by atoms with Gasteiger partial charge in [0.2, 0.25) is 0 Å². The minimum Gasteiger partial charge on any atom is -0.480 e. The number of amides is 2. The van der Waals surface area contributed by atoms with Gasteiger partial charge in [-0.15, -0.1) is 0 Å². The Morgan fingerprint density at radius 1 is 1.04 bits per heavy atom. The summed E-state index contributed by atoms with van der Waals surface area (Å²) in [6.07, 6.45) is 0.770. The number of likely N-dealkylation sites (N-methyl/N-ethyl adjacent to an activating group) is 1. The number of ketones is 1. The number of anilines is 1. The summed E-state index contributed by atoms with van der Waals surface area (Å²) in [6.45, 7) is 17.0. The van der Waals surface area contributed by atoms with E-state index < -0.39 is 24.6 Å². The van der Waals surface area contributed by atoms with E-state index in [-0.39, 0.29) is 44.7 Å². The number of rotatable bonds is 16. The zero-order valence-corrected chi connectivity index (χ0v) is 31.5. The normalized spacial score (nSPS) is 13.4. The number of aromatic amines is 1. The Kier molecular flexibility index (Phi) is 13.4. The number of benzene rings is 2. The number of carbonyl (C=O) groups excluding carboxylic acids is 5. The van der Waals surface area contributed by atoms with Crippen molar-refractivity contribution in [2.45, 2.75) is 54.1 Å². The fraction of sp³-hybridized carbons (Fsp3) is 0.342. The number of hydrogen-bond donors (Lipinski definition) is 3. The highest BCUT2D eigenvalue weighted by molar-refractivity contribution is 6.45. The molecular formula is C38H42Cl2N4O8. The molecule has 0 saturated carbocycles. The lowest BCUT2D eigenvalue weighted by Crippen LogP contribution is -2.35. The van der Waals surface area contributed by atoms with Crippen LogP contribution in [0.15, 0.2) is 42.5 Å². The molecule has 1 aromatic heterocycles. The van der Waals surface area contributed by atoms with Crippen molar-refractivity contribution < 1.29 is 38.2 Å². The van der Waals surface area contributed by atoms with E-state index in [2.05, 4.69) is 40.9 Å². The third kappa shape index (κ3) is 9.11. The molecule has 276 valence electrons. The number of nitrogens with zero attached hydrogens (tertiary/aromatic N) is 1.